The molecule has 14 nitrogen and oxygen atoms in total. The fraction of sp³-hybridized carbons (Fsp3) is 0.462. The maximum atomic E-state index is 11.8. The third-order valence-electron chi connectivity index (χ3n) is 6.10. The van der Waals surface area contributed by atoms with Gasteiger partial charge in [-0.2, -0.15) is 5.26 Å². The van der Waals surface area contributed by atoms with Gasteiger partial charge in [0, 0.05) is 37.9 Å². The number of nitriles is 1. The van der Waals surface area contributed by atoms with E-state index in [-0.39, 0.29) is 57.7 Å². The summed E-state index contributed by atoms with van der Waals surface area (Å²) in [6.07, 6.45) is 4.58. The molecular formula is C26H32ClN7O7. The van der Waals surface area contributed by atoms with Gasteiger partial charge in [-0.15, -0.1) is 12.4 Å². The van der Waals surface area contributed by atoms with E-state index >= 15 is 0 Å². The van der Waals surface area contributed by atoms with Crippen LogP contribution in [0.1, 0.15) is 31.2 Å². The average Bonchev–Trinajstić information content (AvgIpc) is 3.38. The third-order valence-corrected chi connectivity index (χ3v) is 6.10. The van der Waals surface area contributed by atoms with Crippen molar-refractivity contribution in [2.75, 3.05) is 45.0 Å². The van der Waals surface area contributed by atoms with Crippen molar-refractivity contribution in [3.05, 3.63) is 36.3 Å². The number of carboxylic acids is 1. The number of anilines is 1. The molecule has 1 atom stereocenters. The number of hydrogen-bond donors (Lipinski definition) is 3. The predicted octanol–water partition coefficient (Wildman–Crippen LogP) is 1.83. The number of carbonyl (C=O) groups excluding carboxylic acids is 1. The second-order valence-corrected chi connectivity index (χ2v) is 9.01. The van der Waals surface area contributed by atoms with Crippen molar-refractivity contribution in [1.29, 1.82) is 5.26 Å². The first-order chi connectivity index (χ1) is 19.4. The summed E-state index contributed by atoms with van der Waals surface area (Å²) >= 11 is 0. The summed E-state index contributed by atoms with van der Waals surface area (Å²) in [4.78, 5) is 36.0. The average molecular weight is 590 g/mol. The minimum absolute atomic E-state index is 0. The number of pyridine rings is 2. The highest BCUT2D eigenvalue weighted by molar-refractivity contribution is 5.85. The zero-order valence-electron chi connectivity index (χ0n) is 22.2. The van der Waals surface area contributed by atoms with E-state index in [9.17, 15) is 9.59 Å². The molecule has 3 aromatic rings. The Labute approximate surface area is 242 Å². The molecule has 1 aliphatic heterocycles. The molecule has 1 aliphatic rings. The first kappa shape index (κ1) is 31.5. The van der Waals surface area contributed by atoms with Gasteiger partial charge < -0.3 is 35.1 Å². The van der Waals surface area contributed by atoms with Crippen LogP contribution >= 0.6 is 12.4 Å². The van der Waals surface area contributed by atoms with Crippen molar-refractivity contribution in [2.24, 2.45) is 5.73 Å². The molecule has 41 heavy (non-hydrogen) atoms. The minimum atomic E-state index is -1.02. The van der Waals surface area contributed by atoms with Crippen molar-refractivity contribution in [3.63, 3.8) is 0 Å². The van der Waals surface area contributed by atoms with Gasteiger partial charge >= 0.3 is 11.9 Å². The number of imidazole rings is 1. The number of aromatic nitrogens is 4. The van der Waals surface area contributed by atoms with Crippen molar-refractivity contribution in [2.45, 2.75) is 37.8 Å². The molecule has 1 saturated heterocycles. The normalized spacial score (nSPS) is 14.0. The smallest absolute Gasteiger partial charge is 0.323 e. The second kappa shape index (κ2) is 15.7. The molecule has 1 fully saturated rings. The number of halogens is 1. The van der Waals surface area contributed by atoms with Crippen LogP contribution in [0.5, 0.6) is 5.75 Å². The van der Waals surface area contributed by atoms with Gasteiger partial charge in [0.15, 0.2) is 17.2 Å². The Morgan fingerprint density at radius 2 is 2.00 bits per heavy atom. The Morgan fingerprint density at radius 3 is 2.71 bits per heavy atom. The molecule has 4 N–H and O–H groups in total. The molecule has 0 bridgehead atoms. The quantitative estimate of drug-likeness (QED) is 0.182. The molecule has 220 valence electrons. The number of carboxylic acid groups (broad SMARTS) is 1. The number of rotatable bonds is 14. The molecule has 4 heterocycles. The van der Waals surface area contributed by atoms with Crippen molar-refractivity contribution < 1.29 is 33.6 Å². The summed E-state index contributed by atoms with van der Waals surface area (Å²) in [5, 5.41) is 21.2. The number of esters is 1. The van der Waals surface area contributed by atoms with Crippen LogP contribution in [0.3, 0.4) is 0 Å². The lowest BCUT2D eigenvalue weighted by molar-refractivity contribution is -0.147. The highest BCUT2D eigenvalue weighted by Gasteiger charge is 2.20. The Hall–Kier alpha value is -4.03. The van der Waals surface area contributed by atoms with Gasteiger partial charge in [0.2, 0.25) is 0 Å². The zero-order valence-corrected chi connectivity index (χ0v) is 23.0. The number of carbonyl (C=O) groups is 2. The molecule has 1 unspecified atom stereocenters. The third kappa shape index (κ3) is 8.98. The maximum Gasteiger partial charge on any atom is 0.323 e. The molecule has 0 amide bonds. The number of fused-ring (bicyclic) bond motifs is 1. The van der Waals surface area contributed by atoms with Gasteiger partial charge in [-0.05, 0) is 31.4 Å². The Bertz CT molecular complexity index is 1340. The molecule has 0 aliphatic carbocycles. The van der Waals surface area contributed by atoms with Crippen LogP contribution in [0.15, 0.2) is 30.7 Å². The van der Waals surface area contributed by atoms with E-state index in [2.05, 4.69) is 21.4 Å². The summed E-state index contributed by atoms with van der Waals surface area (Å²) in [5.74, 6) is -0.0455. The monoisotopic (exact) mass is 589 g/mol. The van der Waals surface area contributed by atoms with Crippen LogP contribution < -0.4 is 15.8 Å². The van der Waals surface area contributed by atoms with Crippen LogP contribution in [-0.4, -0.2) is 88.3 Å². The van der Waals surface area contributed by atoms with Crippen molar-refractivity contribution in [3.8, 4) is 17.6 Å². The summed E-state index contributed by atoms with van der Waals surface area (Å²) in [7, 11) is 0. The number of hydrogen-bond acceptors (Lipinski definition) is 12. The first-order valence-electron chi connectivity index (χ1n) is 12.9. The Morgan fingerprint density at radius 1 is 1.22 bits per heavy atom. The summed E-state index contributed by atoms with van der Waals surface area (Å²) in [6, 6.07) is 6.45. The maximum absolute atomic E-state index is 11.8. The van der Waals surface area contributed by atoms with Crippen LogP contribution in [0, 0.1) is 11.3 Å². The van der Waals surface area contributed by atoms with Gasteiger partial charge in [-0.1, -0.05) is 0 Å². The van der Waals surface area contributed by atoms with Gasteiger partial charge in [-0.3, -0.25) is 14.2 Å². The Kier molecular flexibility index (Phi) is 12.0. The number of nitrogens with two attached hydrogens (primary N) is 1. The lowest BCUT2D eigenvalue weighted by atomic mass is 10.1. The molecule has 3 aromatic heterocycles. The number of aliphatic carboxylic acids is 1. The van der Waals surface area contributed by atoms with E-state index in [4.69, 9.17) is 40.0 Å². The van der Waals surface area contributed by atoms with Crippen LogP contribution in [0.25, 0.3) is 17.0 Å². The van der Waals surface area contributed by atoms with E-state index < -0.39 is 18.0 Å². The lowest BCUT2D eigenvalue weighted by Gasteiger charge is -2.24. The van der Waals surface area contributed by atoms with E-state index in [0.29, 0.717) is 47.3 Å². The van der Waals surface area contributed by atoms with Gasteiger partial charge in [0.05, 0.1) is 18.8 Å². The highest BCUT2D eigenvalue weighted by atomic mass is 35.5. The van der Waals surface area contributed by atoms with Gasteiger partial charge in [0.25, 0.3) is 0 Å². The van der Waals surface area contributed by atoms with E-state index in [1.807, 2.05) is 0 Å². The molecule has 0 saturated carbocycles. The summed E-state index contributed by atoms with van der Waals surface area (Å²) in [5.41, 5.74) is 7.26. The van der Waals surface area contributed by atoms with E-state index in [1.54, 1.807) is 29.1 Å². The molecule has 4 rings (SSSR count). The molecule has 15 heteroatoms. The Balaban J connectivity index is 0.00000462. The standard InChI is InChI=1S/C26H31N7O7.ClH/c27-14-17-1-3-22(29-15-17)33-16-30-20-13-21(24(32-25(20)33)31-18-5-7-37-8-6-18)39-11-9-38-10-12-40-26(36)19(28)2-4-23(34)35;/h1,3,13,15-16,18-19H,2,4-12,28H2,(H,31,32)(H,34,35);1H. The van der Waals surface area contributed by atoms with Crippen LogP contribution in [0.4, 0.5) is 5.82 Å². The zero-order chi connectivity index (χ0) is 28.3. The van der Waals surface area contributed by atoms with Crippen LogP contribution in [0.2, 0.25) is 0 Å². The van der Waals surface area contributed by atoms with Crippen molar-refractivity contribution >= 4 is 41.3 Å². The fourth-order valence-corrected chi connectivity index (χ4v) is 3.95. The number of nitrogens with one attached hydrogen (secondary N) is 1. The topological polar surface area (TPSA) is 197 Å². The van der Waals surface area contributed by atoms with E-state index in [0.717, 1.165) is 12.8 Å². The molecular weight excluding hydrogens is 558 g/mol. The predicted molar refractivity (Wildman–Crippen MR) is 148 cm³/mol. The number of nitrogens with zero attached hydrogens (tertiary/aromatic N) is 5. The van der Waals surface area contributed by atoms with E-state index in [1.165, 1.54) is 6.20 Å². The van der Waals surface area contributed by atoms with Gasteiger partial charge in [0.1, 0.15) is 43.0 Å². The van der Waals surface area contributed by atoms with Crippen LogP contribution in [-0.2, 0) is 23.8 Å². The largest absolute Gasteiger partial charge is 0.487 e. The SMILES string of the molecule is Cl.N#Cc1ccc(-n2cnc3cc(OCCOCCOC(=O)C(N)CCC(=O)O)c(NC4CCOCC4)nc32)nc1. The molecule has 0 aromatic carbocycles. The van der Waals surface area contributed by atoms with Gasteiger partial charge in [-0.25, -0.2) is 15.0 Å². The summed E-state index contributed by atoms with van der Waals surface area (Å²) < 4.78 is 23.7. The molecule has 0 spiro atoms. The van der Waals surface area contributed by atoms with Crippen molar-refractivity contribution in [1.82, 2.24) is 19.5 Å². The number of ether oxygens (including phenoxy) is 4. The molecule has 0 radical (unpaired) electrons. The highest BCUT2D eigenvalue weighted by Crippen LogP contribution is 2.29. The minimum Gasteiger partial charge on any atom is -0.487 e. The summed E-state index contributed by atoms with van der Waals surface area (Å²) in [6.45, 7) is 1.87. The first-order valence-corrected chi connectivity index (χ1v) is 12.9. The lowest BCUT2D eigenvalue weighted by Crippen LogP contribution is -2.33. The fourth-order valence-electron chi connectivity index (χ4n) is 3.95. The second-order valence-electron chi connectivity index (χ2n) is 9.01.